The molecule has 28 heavy (non-hydrogen) atoms. The van der Waals surface area contributed by atoms with Gasteiger partial charge in [0.25, 0.3) is 0 Å². The van der Waals surface area contributed by atoms with Crippen LogP contribution in [0.25, 0.3) is 11.5 Å². The minimum absolute atomic E-state index is 0.0593. The molecule has 10 heteroatoms. The first kappa shape index (κ1) is 20.4. The van der Waals surface area contributed by atoms with Gasteiger partial charge in [-0.2, -0.15) is 13.2 Å². The van der Waals surface area contributed by atoms with Crippen LogP contribution in [0.1, 0.15) is 32.3 Å². The van der Waals surface area contributed by atoms with Crippen LogP contribution in [-0.4, -0.2) is 29.3 Å². The highest BCUT2D eigenvalue weighted by atomic mass is 19.4. The van der Waals surface area contributed by atoms with E-state index in [1.54, 1.807) is 6.92 Å². The topological polar surface area (TPSA) is 83.0 Å². The molecule has 0 saturated carbocycles. The lowest BCUT2D eigenvalue weighted by molar-refractivity contribution is -0.139. The fraction of sp³-hybridized carbons (Fsp3) is 0.556. The van der Waals surface area contributed by atoms with E-state index >= 15 is 0 Å². The quantitative estimate of drug-likeness (QED) is 0.666. The van der Waals surface area contributed by atoms with Crippen molar-refractivity contribution in [1.29, 1.82) is 0 Å². The van der Waals surface area contributed by atoms with E-state index in [1.807, 2.05) is 12.0 Å². The first-order chi connectivity index (χ1) is 13.2. The molecule has 0 aliphatic carbocycles. The number of hydrogen-bond donors (Lipinski definition) is 3. The van der Waals surface area contributed by atoms with Crippen LogP contribution in [0, 0.1) is 17.7 Å². The third-order valence-corrected chi connectivity index (χ3v) is 5.28. The molecule has 1 aromatic heterocycles. The lowest BCUT2D eigenvalue weighted by Gasteiger charge is -2.37. The SMILES string of the molecule is CC[C@@H]1CNCC[C@@H]1C(C)Nc1cc(-c2n[nH]c(=O)o2)cc(F)c1C(F)(F)F. The summed E-state index contributed by atoms with van der Waals surface area (Å²) in [6.45, 7) is 5.43. The Morgan fingerprint density at radius 3 is 2.75 bits per heavy atom. The molecule has 0 spiro atoms. The Kier molecular flexibility index (Phi) is 5.78. The van der Waals surface area contributed by atoms with E-state index in [9.17, 15) is 22.4 Å². The molecule has 154 valence electrons. The molecule has 1 saturated heterocycles. The molecule has 1 fully saturated rings. The zero-order chi connectivity index (χ0) is 20.5. The van der Waals surface area contributed by atoms with E-state index in [0.717, 1.165) is 32.0 Å². The summed E-state index contributed by atoms with van der Waals surface area (Å²) in [7, 11) is 0. The first-order valence-electron chi connectivity index (χ1n) is 9.14. The average Bonchev–Trinajstić information content (AvgIpc) is 3.06. The maximum Gasteiger partial charge on any atom is 0.434 e. The van der Waals surface area contributed by atoms with Crippen LogP contribution in [0.4, 0.5) is 23.2 Å². The summed E-state index contributed by atoms with van der Waals surface area (Å²) in [5.74, 6) is -2.16. The van der Waals surface area contributed by atoms with Crippen LogP contribution >= 0.6 is 0 Å². The maximum atomic E-state index is 14.4. The largest absolute Gasteiger partial charge is 0.434 e. The molecule has 1 aromatic carbocycles. The Labute approximate surface area is 158 Å². The van der Waals surface area contributed by atoms with Gasteiger partial charge < -0.3 is 15.1 Å². The van der Waals surface area contributed by atoms with Crippen LogP contribution in [0.3, 0.4) is 0 Å². The number of halogens is 4. The highest BCUT2D eigenvalue weighted by Crippen LogP contribution is 2.40. The van der Waals surface area contributed by atoms with Crippen molar-refractivity contribution in [3.63, 3.8) is 0 Å². The van der Waals surface area contributed by atoms with Gasteiger partial charge in [0, 0.05) is 11.6 Å². The molecule has 3 atom stereocenters. The third kappa shape index (κ3) is 4.21. The van der Waals surface area contributed by atoms with Crippen LogP contribution in [-0.2, 0) is 6.18 Å². The second-order valence-electron chi connectivity index (χ2n) is 7.05. The Morgan fingerprint density at radius 2 is 2.14 bits per heavy atom. The van der Waals surface area contributed by atoms with Crippen LogP contribution in [0.15, 0.2) is 21.3 Å². The lowest BCUT2D eigenvalue weighted by Crippen LogP contribution is -2.43. The Morgan fingerprint density at radius 1 is 1.39 bits per heavy atom. The molecule has 2 aromatic rings. The molecule has 6 nitrogen and oxygen atoms in total. The van der Waals surface area contributed by atoms with E-state index < -0.39 is 29.0 Å². The van der Waals surface area contributed by atoms with Gasteiger partial charge in [0.2, 0.25) is 5.89 Å². The lowest BCUT2D eigenvalue weighted by atomic mass is 9.80. The summed E-state index contributed by atoms with van der Waals surface area (Å²) in [5, 5.41) is 11.7. The van der Waals surface area contributed by atoms with E-state index in [4.69, 9.17) is 4.42 Å². The Hall–Kier alpha value is -2.36. The number of hydrogen-bond acceptors (Lipinski definition) is 5. The number of rotatable bonds is 5. The van der Waals surface area contributed by atoms with Crippen molar-refractivity contribution >= 4 is 5.69 Å². The summed E-state index contributed by atoms with van der Waals surface area (Å²) in [5.41, 5.74) is -1.83. The number of anilines is 1. The predicted molar refractivity (Wildman–Crippen MR) is 95.4 cm³/mol. The molecule has 0 radical (unpaired) electrons. The van der Waals surface area contributed by atoms with Crippen LogP contribution in [0.2, 0.25) is 0 Å². The van der Waals surface area contributed by atoms with Gasteiger partial charge in [0.05, 0.1) is 5.69 Å². The van der Waals surface area contributed by atoms with Crippen molar-refractivity contribution < 1.29 is 22.0 Å². The molecule has 0 amide bonds. The molecular weight excluding hydrogens is 380 g/mol. The summed E-state index contributed by atoms with van der Waals surface area (Å²) >= 11 is 0. The number of benzene rings is 1. The van der Waals surface area contributed by atoms with Gasteiger partial charge in [0.1, 0.15) is 11.4 Å². The summed E-state index contributed by atoms with van der Waals surface area (Å²) in [6.07, 6.45) is -3.18. The van der Waals surface area contributed by atoms with Crippen LogP contribution < -0.4 is 16.4 Å². The monoisotopic (exact) mass is 402 g/mol. The van der Waals surface area contributed by atoms with E-state index in [2.05, 4.69) is 15.7 Å². The standard InChI is InChI=1S/C18H22F4N4O2/c1-3-10-8-23-5-4-12(10)9(2)24-14-7-11(16-25-26-17(27)28-16)6-13(19)15(14)18(20,21)22/h6-7,9-10,12,23-24H,3-5,8H2,1-2H3,(H,26,27)/t9?,10-,12-/m1/s1. The number of aromatic nitrogens is 2. The molecule has 1 aliphatic heterocycles. The van der Waals surface area contributed by atoms with E-state index in [1.165, 1.54) is 0 Å². The number of nitrogens with zero attached hydrogens (tertiary/aromatic N) is 1. The van der Waals surface area contributed by atoms with Crippen molar-refractivity contribution in [3.05, 3.63) is 34.1 Å². The van der Waals surface area contributed by atoms with Gasteiger partial charge in [-0.05, 0) is 50.4 Å². The normalized spacial score (nSPS) is 21.5. The minimum atomic E-state index is -4.88. The second kappa shape index (κ2) is 7.94. The summed E-state index contributed by atoms with van der Waals surface area (Å²) in [4.78, 5) is 11.1. The van der Waals surface area contributed by atoms with Gasteiger partial charge >= 0.3 is 11.9 Å². The average molecular weight is 402 g/mol. The molecule has 2 heterocycles. The maximum absolute atomic E-state index is 14.4. The highest BCUT2D eigenvalue weighted by Gasteiger charge is 2.39. The number of alkyl halides is 3. The zero-order valence-corrected chi connectivity index (χ0v) is 15.5. The predicted octanol–water partition coefficient (Wildman–Crippen LogP) is 3.62. The van der Waals surface area contributed by atoms with Gasteiger partial charge in [-0.15, -0.1) is 5.10 Å². The van der Waals surface area contributed by atoms with E-state index in [-0.39, 0.29) is 23.4 Å². The molecular formula is C18H22F4N4O2. The Balaban J connectivity index is 1.99. The molecule has 3 rings (SSSR count). The zero-order valence-electron chi connectivity index (χ0n) is 15.5. The van der Waals surface area contributed by atoms with Crippen LogP contribution in [0.5, 0.6) is 0 Å². The minimum Gasteiger partial charge on any atom is -0.388 e. The summed E-state index contributed by atoms with van der Waals surface area (Å²) in [6, 6.07) is 1.47. The smallest absolute Gasteiger partial charge is 0.388 e. The van der Waals surface area contributed by atoms with E-state index in [0.29, 0.717) is 12.0 Å². The fourth-order valence-corrected chi connectivity index (χ4v) is 3.89. The molecule has 3 N–H and O–H groups in total. The first-order valence-corrected chi connectivity index (χ1v) is 9.14. The number of H-pyrrole nitrogens is 1. The van der Waals surface area contributed by atoms with Gasteiger partial charge in [-0.25, -0.2) is 14.3 Å². The van der Waals surface area contributed by atoms with Crippen molar-refractivity contribution in [2.45, 2.75) is 38.9 Å². The molecule has 0 bridgehead atoms. The van der Waals surface area contributed by atoms with Crippen molar-refractivity contribution in [3.8, 4) is 11.5 Å². The fourth-order valence-electron chi connectivity index (χ4n) is 3.89. The number of piperidine rings is 1. The number of nitrogens with one attached hydrogen (secondary N) is 3. The Bertz CT molecular complexity index is 877. The van der Waals surface area contributed by atoms with Crippen molar-refractivity contribution in [2.24, 2.45) is 11.8 Å². The second-order valence-corrected chi connectivity index (χ2v) is 7.05. The van der Waals surface area contributed by atoms with Gasteiger partial charge in [0.15, 0.2) is 0 Å². The van der Waals surface area contributed by atoms with Crippen molar-refractivity contribution in [1.82, 2.24) is 15.5 Å². The van der Waals surface area contributed by atoms with Crippen molar-refractivity contribution in [2.75, 3.05) is 18.4 Å². The number of aromatic amines is 1. The third-order valence-electron chi connectivity index (χ3n) is 5.28. The summed E-state index contributed by atoms with van der Waals surface area (Å²) < 4.78 is 59.7. The molecule has 1 unspecified atom stereocenters. The molecule has 1 aliphatic rings. The highest BCUT2D eigenvalue weighted by molar-refractivity contribution is 5.66. The van der Waals surface area contributed by atoms with Gasteiger partial charge in [-0.3, -0.25) is 0 Å². The van der Waals surface area contributed by atoms with Gasteiger partial charge in [-0.1, -0.05) is 13.3 Å².